The Morgan fingerprint density at radius 1 is 1.90 bits per heavy atom. The minimum atomic E-state index is -1.40. The molecule has 0 unspecified atom stereocenters. The van der Waals surface area contributed by atoms with Gasteiger partial charge in [0.2, 0.25) is 0 Å². The van der Waals surface area contributed by atoms with Crippen LogP contribution in [0, 0.1) is 0 Å². The van der Waals surface area contributed by atoms with Crippen LogP contribution in [0.5, 0.6) is 0 Å². The van der Waals surface area contributed by atoms with E-state index in [1.165, 1.54) is 6.92 Å². The lowest BCUT2D eigenvalue weighted by atomic mass is 10.0. The topological polar surface area (TPSA) is 66.8 Å². The maximum Gasteiger partial charge on any atom is 0.338 e. The van der Waals surface area contributed by atoms with E-state index < -0.39 is 17.7 Å². The van der Waals surface area contributed by atoms with Crippen LogP contribution in [0.1, 0.15) is 13.3 Å². The van der Waals surface area contributed by atoms with Crippen LogP contribution in [0.15, 0.2) is 0 Å². The molecule has 58 valence electrons. The summed E-state index contributed by atoms with van der Waals surface area (Å²) in [5.74, 6) is -0.647. The molecule has 0 spiro atoms. The summed E-state index contributed by atoms with van der Waals surface area (Å²) in [5, 5.41) is 17.7. The number of cyclic esters (lactones) is 1. The highest BCUT2D eigenvalue weighted by Crippen LogP contribution is 2.24. The highest BCUT2D eigenvalue weighted by Gasteiger charge is 2.43. The summed E-state index contributed by atoms with van der Waals surface area (Å²) in [6.45, 7) is 1.16. The predicted molar refractivity (Wildman–Crippen MR) is 32.2 cm³/mol. The molecule has 1 heterocycles. The van der Waals surface area contributed by atoms with Crippen LogP contribution >= 0.6 is 0 Å². The van der Waals surface area contributed by atoms with Crippen molar-refractivity contribution in [2.24, 2.45) is 0 Å². The van der Waals surface area contributed by atoms with Crippen LogP contribution < -0.4 is 0 Å². The molecule has 2 atom stereocenters. The molecule has 2 N–H and O–H groups in total. The Morgan fingerprint density at radius 2 is 2.50 bits per heavy atom. The van der Waals surface area contributed by atoms with Gasteiger partial charge < -0.3 is 14.9 Å². The van der Waals surface area contributed by atoms with E-state index in [0.29, 0.717) is 0 Å². The molecule has 0 radical (unpaired) electrons. The summed E-state index contributed by atoms with van der Waals surface area (Å²) in [6.07, 6.45) is -0.343. The molecule has 0 saturated carbocycles. The van der Waals surface area contributed by atoms with Gasteiger partial charge in [-0.1, -0.05) is 0 Å². The maximum atomic E-state index is 10.7. The fourth-order valence-electron chi connectivity index (χ4n) is 0.948. The zero-order chi connectivity index (χ0) is 7.78. The monoisotopic (exact) mass is 146 g/mol. The predicted octanol–water partition coefficient (Wildman–Crippen LogP) is -0.955. The largest absolute Gasteiger partial charge is 0.458 e. The number of ether oxygens (including phenoxy) is 1. The van der Waals surface area contributed by atoms with Gasteiger partial charge in [-0.05, 0) is 6.92 Å². The SMILES string of the molecule is C[C@]1(O)C[C@@H](CO)OC1=O. The quantitative estimate of drug-likeness (QED) is 0.468. The lowest BCUT2D eigenvalue weighted by Crippen LogP contribution is -2.29. The number of hydrogen-bond acceptors (Lipinski definition) is 4. The lowest BCUT2D eigenvalue weighted by molar-refractivity contribution is -0.154. The van der Waals surface area contributed by atoms with Gasteiger partial charge in [-0.15, -0.1) is 0 Å². The maximum absolute atomic E-state index is 10.7. The Hall–Kier alpha value is -0.610. The highest BCUT2D eigenvalue weighted by atomic mass is 16.6. The lowest BCUT2D eigenvalue weighted by Gasteiger charge is -2.07. The number of rotatable bonds is 1. The van der Waals surface area contributed by atoms with Crippen LogP contribution in [-0.4, -0.2) is 34.5 Å². The second-order valence-corrected chi connectivity index (χ2v) is 2.69. The fourth-order valence-corrected chi connectivity index (χ4v) is 0.948. The summed E-state index contributed by atoms with van der Waals surface area (Å²) >= 11 is 0. The molecule has 0 aliphatic carbocycles. The Bertz CT molecular complexity index is 152. The first-order valence-electron chi connectivity index (χ1n) is 3.10. The van der Waals surface area contributed by atoms with Gasteiger partial charge in [-0.3, -0.25) is 0 Å². The van der Waals surface area contributed by atoms with Crippen LogP contribution in [-0.2, 0) is 9.53 Å². The molecule has 0 aromatic rings. The van der Waals surface area contributed by atoms with E-state index in [1.807, 2.05) is 0 Å². The molecule has 1 rings (SSSR count). The zero-order valence-electron chi connectivity index (χ0n) is 5.70. The number of aliphatic hydroxyl groups excluding tert-OH is 1. The first kappa shape index (κ1) is 7.50. The number of esters is 1. The number of hydrogen-bond donors (Lipinski definition) is 2. The van der Waals surface area contributed by atoms with E-state index in [4.69, 9.17) is 5.11 Å². The van der Waals surface area contributed by atoms with Crippen molar-refractivity contribution in [3.05, 3.63) is 0 Å². The molecule has 0 aromatic carbocycles. The molecular formula is C6H10O4. The van der Waals surface area contributed by atoms with Gasteiger partial charge in [0.25, 0.3) is 0 Å². The molecule has 10 heavy (non-hydrogen) atoms. The molecule has 1 aliphatic rings. The highest BCUT2D eigenvalue weighted by molar-refractivity contribution is 5.80. The van der Waals surface area contributed by atoms with Crippen LogP contribution in [0.25, 0.3) is 0 Å². The third kappa shape index (κ3) is 1.12. The fraction of sp³-hybridized carbons (Fsp3) is 0.833. The van der Waals surface area contributed by atoms with Crippen molar-refractivity contribution < 1.29 is 19.7 Å². The van der Waals surface area contributed by atoms with Gasteiger partial charge in [-0.25, -0.2) is 4.79 Å². The standard InChI is InChI=1S/C6H10O4/c1-6(9)2-4(3-7)10-5(6)8/h4,7,9H,2-3H2,1H3/t4-,6-/m0/s1. The average Bonchev–Trinajstić information content (AvgIpc) is 2.08. The Morgan fingerprint density at radius 3 is 2.70 bits per heavy atom. The van der Waals surface area contributed by atoms with Crippen molar-refractivity contribution >= 4 is 5.97 Å². The Kier molecular flexibility index (Phi) is 1.66. The molecule has 1 aliphatic heterocycles. The van der Waals surface area contributed by atoms with Gasteiger partial charge >= 0.3 is 5.97 Å². The molecule has 4 heteroatoms. The molecule has 4 nitrogen and oxygen atoms in total. The molecule has 0 bridgehead atoms. The smallest absolute Gasteiger partial charge is 0.338 e. The van der Waals surface area contributed by atoms with Crippen molar-refractivity contribution in [3.63, 3.8) is 0 Å². The van der Waals surface area contributed by atoms with Crippen LogP contribution in [0.2, 0.25) is 0 Å². The van der Waals surface area contributed by atoms with E-state index in [9.17, 15) is 9.90 Å². The summed E-state index contributed by atoms with van der Waals surface area (Å²) in [6, 6.07) is 0. The second kappa shape index (κ2) is 2.21. The zero-order valence-corrected chi connectivity index (χ0v) is 5.70. The number of carbonyl (C=O) groups excluding carboxylic acids is 1. The molecule has 1 fully saturated rings. The van der Waals surface area contributed by atoms with Gasteiger partial charge in [0, 0.05) is 6.42 Å². The number of aliphatic hydroxyl groups is 2. The minimum Gasteiger partial charge on any atom is -0.458 e. The molecule has 0 amide bonds. The third-order valence-corrected chi connectivity index (χ3v) is 1.54. The molecule has 1 saturated heterocycles. The van der Waals surface area contributed by atoms with Gasteiger partial charge in [-0.2, -0.15) is 0 Å². The van der Waals surface area contributed by atoms with Crippen molar-refractivity contribution in [2.75, 3.05) is 6.61 Å². The van der Waals surface area contributed by atoms with Crippen LogP contribution in [0.3, 0.4) is 0 Å². The number of carbonyl (C=O) groups is 1. The van der Waals surface area contributed by atoms with Crippen LogP contribution in [0.4, 0.5) is 0 Å². The Balaban J connectivity index is 2.62. The molecular weight excluding hydrogens is 136 g/mol. The van der Waals surface area contributed by atoms with Crippen molar-refractivity contribution in [1.82, 2.24) is 0 Å². The first-order valence-corrected chi connectivity index (χ1v) is 3.10. The van der Waals surface area contributed by atoms with E-state index in [-0.39, 0.29) is 13.0 Å². The average molecular weight is 146 g/mol. The van der Waals surface area contributed by atoms with E-state index >= 15 is 0 Å². The first-order chi connectivity index (χ1) is 4.56. The van der Waals surface area contributed by atoms with E-state index in [1.54, 1.807) is 0 Å². The third-order valence-electron chi connectivity index (χ3n) is 1.54. The van der Waals surface area contributed by atoms with Crippen molar-refractivity contribution in [3.8, 4) is 0 Å². The minimum absolute atomic E-state index is 0.183. The summed E-state index contributed by atoms with van der Waals surface area (Å²) in [5.41, 5.74) is -1.40. The second-order valence-electron chi connectivity index (χ2n) is 2.69. The summed E-state index contributed by atoms with van der Waals surface area (Å²) in [7, 11) is 0. The van der Waals surface area contributed by atoms with Crippen molar-refractivity contribution in [2.45, 2.75) is 25.0 Å². The van der Waals surface area contributed by atoms with E-state index in [0.717, 1.165) is 0 Å². The normalized spacial score (nSPS) is 39.9. The Labute approximate surface area is 58.4 Å². The summed E-state index contributed by atoms with van der Waals surface area (Å²) < 4.78 is 4.59. The van der Waals surface area contributed by atoms with Gasteiger partial charge in [0.1, 0.15) is 6.10 Å². The van der Waals surface area contributed by atoms with Gasteiger partial charge in [0.05, 0.1) is 6.61 Å². The van der Waals surface area contributed by atoms with Crippen molar-refractivity contribution in [1.29, 1.82) is 0 Å². The molecule has 0 aromatic heterocycles. The van der Waals surface area contributed by atoms with Gasteiger partial charge in [0.15, 0.2) is 5.60 Å². The summed E-state index contributed by atoms with van der Waals surface area (Å²) in [4.78, 5) is 10.7. The van der Waals surface area contributed by atoms with E-state index in [2.05, 4.69) is 4.74 Å².